The van der Waals surface area contributed by atoms with Crippen LogP contribution in [0.5, 0.6) is 0 Å². The molecular formula is C13H17NO4P+. The Bertz CT molecular complexity index is 473. The number of carbonyl (C=O) groups is 1. The lowest BCUT2D eigenvalue weighted by atomic mass is 10.1. The van der Waals surface area contributed by atoms with Gasteiger partial charge in [-0.2, -0.15) is 4.89 Å². The summed E-state index contributed by atoms with van der Waals surface area (Å²) in [5, 5.41) is 9.15. The topological polar surface area (TPSA) is 101 Å². The van der Waals surface area contributed by atoms with E-state index < -0.39 is 19.7 Å². The van der Waals surface area contributed by atoms with Crippen molar-refractivity contribution in [3.8, 4) is 0 Å². The minimum Gasteiger partial charge on any atom is -0.478 e. The normalized spacial score (nSPS) is 14.0. The van der Waals surface area contributed by atoms with Crippen molar-refractivity contribution in [3.05, 3.63) is 47.5 Å². The van der Waals surface area contributed by atoms with Crippen molar-refractivity contribution in [1.29, 1.82) is 0 Å². The Balaban J connectivity index is 2.92. The number of carboxylic acids is 1. The van der Waals surface area contributed by atoms with Crippen LogP contribution in [0.4, 0.5) is 0 Å². The highest BCUT2D eigenvalue weighted by Crippen LogP contribution is 2.31. The van der Waals surface area contributed by atoms with Crippen molar-refractivity contribution in [2.75, 3.05) is 6.54 Å². The number of aliphatic carboxylic acids is 1. The van der Waals surface area contributed by atoms with E-state index in [2.05, 4.69) is 0 Å². The van der Waals surface area contributed by atoms with Gasteiger partial charge in [0.25, 0.3) is 0 Å². The van der Waals surface area contributed by atoms with E-state index in [1.807, 2.05) is 30.3 Å². The predicted octanol–water partition coefficient (Wildman–Crippen LogP) is 1.69. The average Bonchev–Trinajstić information content (AvgIpc) is 2.38. The third-order valence-electron chi connectivity index (χ3n) is 2.71. The van der Waals surface area contributed by atoms with Crippen molar-refractivity contribution in [2.24, 2.45) is 5.73 Å². The van der Waals surface area contributed by atoms with Crippen LogP contribution in [0.1, 0.15) is 12.0 Å². The average molecular weight is 282 g/mol. The summed E-state index contributed by atoms with van der Waals surface area (Å²) in [6.45, 7) is 0.169. The van der Waals surface area contributed by atoms with Crippen LogP contribution in [0.2, 0.25) is 0 Å². The molecule has 0 aliphatic heterocycles. The molecule has 0 aliphatic rings. The summed E-state index contributed by atoms with van der Waals surface area (Å²) in [7, 11) is -2.60. The summed E-state index contributed by atoms with van der Waals surface area (Å²) in [6.07, 6.45) is 2.08. The zero-order valence-electron chi connectivity index (χ0n) is 10.4. The summed E-state index contributed by atoms with van der Waals surface area (Å²) in [6, 6.07) is 9.31. The molecule has 0 fully saturated rings. The van der Waals surface area contributed by atoms with Gasteiger partial charge in [-0.1, -0.05) is 36.4 Å². The molecule has 0 bridgehead atoms. The van der Waals surface area contributed by atoms with Gasteiger partial charge in [0.05, 0.1) is 5.57 Å². The van der Waals surface area contributed by atoms with Gasteiger partial charge in [0.1, 0.15) is 0 Å². The number of hydrogen-bond donors (Lipinski definition) is 3. The molecule has 0 heterocycles. The fourth-order valence-corrected chi connectivity index (χ4v) is 2.57. The summed E-state index contributed by atoms with van der Waals surface area (Å²) >= 11 is 0. The predicted molar refractivity (Wildman–Crippen MR) is 73.1 cm³/mol. The molecule has 0 saturated heterocycles. The fourth-order valence-electron chi connectivity index (χ4n) is 1.75. The van der Waals surface area contributed by atoms with Crippen LogP contribution in [-0.2, 0) is 15.8 Å². The maximum absolute atomic E-state index is 11.2. The molecule has 4 N–H and O–H groups in total. The van der Waals surface area contributed by atoms with Crippen LogP contribution < -0.4 is 5.73 Å². The molecule has 0 aromatic heterocycles. The zero-order valence-corrected chi connectivity index (χ0v) is 11.3. The SMILES string of the molecule is NCCC(C(=CCc1ccccc1)C(=O)O)[P+](=O)O. The first kappa shape index (κ1) is 15.5. The summed E-state index contributed by atoms with van der Waals surface area (Å²) in [4.78, 5) is 20.4. The first-order valence-electron chi connectivity index (χ1n) is 5.88. The van der Waals surface area contributed by atoms with Crippen LogP contribution in [0, 0.1) is 0 Å². The highest BCUT2D eigenvalue weighted by Gasteiger charge is 2.35. The number of nitrogens with two attached hydrogens (primary N) is 1. The molecule has 0 radical (unpaired) electrons. The van der Waals surface area contributed by atoms with Crippen molar-refractivity contribution in [2.45, 2.75) is 18.5 Å². The van der Waals surface area contributed by atoms with Gasteiger partial charge in [0, 0.05) is 6.42 Å². The van der Waals surface area contributed by atoms with E-state index in [0.717, 1.165) is 5.56 Å². The van der Waals surface area contributed by atoms with E-state index in [0.29, 0.717) is 6.42 Å². The van der Waals surface area contributed by atoms with Crippen LogP contribution in [-0.4, -0.2) is 28.2 Å². The molecule has 6 heteroatoms. The maximum atomic E-state index is 11.2. The third kappa shape index (κ3) is 4.91. The highest BCUT2D eigenvalue weighted by molar-refractivity contribution is 7.39. The van der Waals surface area contributed by atoms with Crippen molar-refractivity contribution >= 4 is 14.0 Å². The van der Waals surface area contributed by atoms with Crippen molar-refractivity contribution in [1.82, 2.24) is 0 Å². The molecule has 0 saturated carbocycles. The van der Waals surface area contributed by atoms with E-state index in [1.54, 1.807) is 0 Å². The summed E-state index contributed by atoms with van der Waals surface area (Å²) in [5.41, 5.74) is 5.34. The Morgan fingerprint density at radius 1 is 1.37 bits per heavy atom. The summed E-state index contributed by atoms with van der Waals surface area (Å²) < 4.78 is 11.2. The Morgan fingerprint density at radius 2 is 2.00 bits per heavy atom. The number of allylic oxidation sites excluding steroid dienone is 1. The second-order valence-electron chi connectivity index (χ2n) is 4.05. The third-order valence-corrected chi connectivity index (χ3v) is 3.78. The Labute approximate surface area is 112 Å². The van der Waals surface area contributed by atoms with Crippen LogP contribution in [0.3, 0.4) is 0 Å². The maximum Gasteiger partial charge on any atom is 0.513 e. The molecule has 102 valence electrons. The molecule has 0 spiro atoms. The molecule has 0 amide bonds. The second-order valence-corrected chi connectivity index (χ2v) is 5.28. The molecule has 5 nitrogen and oxygen atoms in total. The smallest absolute Gasteiger partial charge is 0.478 e. The molecule has 19 heavy (non-hydrogen) atoms. The van der Waals surface area contributed by atoms with Gasteiger partial charge in [-0.05, 0) is 23.1 Å². The first-order valence-corrected chi connectivity index (χ1v) is 7.17. The van der Waals surface area contributed by atoms with Gasteiger partial charge in [-0.25, -0.2) is 4.79 Å². The zero-order chi connectivity index (χ0) is 14.3. The molecule has 1 aromatic rings. The number of benzene rings is 1. The van der Waals surface area contributed by atoms with Gasteiger partial charge >= 0.3 is 14.0 Å². The molecule has 0 aliphatic carbocycles. The van der Waals surface area contributed by atoms with Crippen molar-refractivity contribution < 1.29 is 19.4 Å². The number of rotatable bonds is 7. The Morgan fingerprint density at radius 3 is 2.47 bits per heavy atom. The molecular weight excluding hydrogens is 265 g/mol. The fraction of sp³-hybridized carbons (Fsp3) is 0.308. The molecule has 1 rings (SSSR count). The van der Waals surface area contributed by atoms with Crippen LogP contribution in [0.15, 0.2) is 42.0 Å². The van der Waals surface area contributed by atoms with Crippen molar-refractivity contribution in [3.63, 3.8) is 0 Å². The number of carboxylic acid groups (broad SMARTS) is 1. The van der Waals surface area contributed by atoms with Gasteiger partial charge < -0.3 is 10.8 Å². The Hall–Kier alpha value is -1.55. The van der Waals surface area contributed by atoms with Crippen LogP contribution >= 0.6 is 8.03 Å². The van der Waals surface area contributed by atoms with E-state index >= 15 is 0 Å². The van der Waals surface area contributed by atoms with E-state index in [1.165, 1.54) is 6.08 Å². The Kier molecular flexibility index (Phi) is 6.36. The van der Waals surface area contributed by atoms with Gasteiger partial charge in [0.2, 0.25) is 5.66 Å². The minimum absolute atomic E-state index is 0.0436. The van der Waals surface area contributed by atoms with Gasteiger partial charge in [0.15, 0.2) is 0 Å². The standard InChI is InChI=1S/C13H16NO4P/c14-9-8-12(19(17)18)11(13(15)16)7-6-10-4-2-1-3-5-10/h1-5,7,12H,6,8-9,14H2,(H-,15,16,17,18)/p+1. The molecule has 2 unspecified atom stereocenters. The lowest BCUT2D eigenvalue weighted by molar-refractivity contribution is -0.132. The van der Waals surface area contributed by atoms with E-state index in [4.69, 9.17) is 10.8 Å². The van der Waals surface area contributed by atoms with Gasteiger partial charge in [-0.15, -0.1) is 0 Å². The van der Waals surface area contributed by atoms with E-state index in [-0.39, 0.29) is 18.5 Å². The minimum atomic E-state index is -2.60. The quantitative estimate of drug-likeness (QED) is 0.522. The largest absolute Gasteiger partial charge is 0.513 e. The molecule has 1 aromatic carbocycles. The first-order chi connectivity index (χ1) is 9.06. The second kappa shape index (κ2) is 7.79. The van der Waals surface area contributed by atoms with Gasteiger partial charge in [-0.3, -0.25) is 0 Å². The van der Waals surface area contributed by atoms with Crippen LogP contribution in [0.25, 0.3) is 0 Å². The monoisotopic (exact) mass is 282 g/mol. The molecule has 2 atom stereocenters. The lowest BCUT2D eigenvalue weighted by Crippen LogP contribution is -2.19. The lowest BCUT2D eigenvalue weighted by Gasteiger charge is -2.05. The summed E-state index contributed by atoms with van der Waals surface area (Å²) in [5.74, 6) is -1.17. The number of hydrogen-bond acceptors (Lipinski definition) is 3. The van der Waals surface area contributed by atoms with E-state index in [9.17, 15) is 14.3 Å². The highest BCUT2D eigenvalue weighted by atomic mass is 31.1.